The van der Waals surface area contributed by atoms with E-state index in [1.807, 2.05) is 19.1 Å². The number of halogens is 3. The van der Waals surface area contributed by atoms with Crippen molar-refractivity contribution >= 4 is 23.0 Å². The van der Waals surface area contributed by atoms with Crippen molar-refractivity contribution in [1.82, 2.24) is 0 Å². The number of nitrogens with one attached hydrogen (secondary N) is 1. The molecule has 3 rings (SSSR count). The van der Waals surface area contributed by atoms with Crippen LogP contribution in [0.3, 0.4) is 0 Å². The Labute approximate surface area is 138 Å². The number of fused-ring (bicyclic) bond motifs is 1. The number of anilines is 3. The zero-order valence-electron chi connectivity index (χ0n) is 13.4. The maximum absolute atomic E-state index is 12.7. The van der Waals surface area contributed by atoms with Crippen LogP contribution >= 0.6 is 0 Å². The molecule has 2 aromatic carbocycles. The van der Waals surface area contributed by atoms with Crippen molar-refractivity contribution in [3.63, 3.8) is 0 Å². The van der Waals surface area contributed by atoms with E-state index in [1.54, 1.807) is 4.90 Å². The van der Waals surface area contributed by atoms with Gasteiger partial charge in [0.2, 0.25) is 5.91 Å². The van der Waals surface area contributed by atoms with Gasteiger partial charge in [-0.15, -0.1) is 0 Å². The topological polar surface area (TPSA) is 32.3 Å². The number of rotatable bonds is 2. The first-order valence-corrected chi connectivity index (χ1v) is 7.61. The lowest BCUT2D eigenvalue weighted by Gasteiger charge is -2.20. The lowest BCUT2D eigenvalue weighted by Crippen LogP contribution is -2.26. The predicted octanol–water partition coefficient (Wildman–Crippen LogP) is 4.67. The van der Waals surface area contributed by atoms with Crippen molar-refractivity contribution in [3.05, 3.63) is 53.1 Å². The quantitative estimate of drug-likeness (QED) is 0.866. The van der Waals surface area contributed by atoms with E-state index in [1.165, 1.54) is 19.1 Å². The van der Waals surface area contributed by atoms with Gasteiger partial charge in [0, 0.05) is 19.2 Å². The molecule has 3 nitrogen and oxygen atoms in total. The first kappa shape index (κ1) is 16.4. The summed E-state index contributed by atoms with van der Waals surface area (Å²) >= 11 is 0. The highest BCUT2D eigenvalue weighted by molar-refractivity contribution is 5.98. The summed E-state index contributed by atoms with van der Waals surface area (Å²) in [6, 6.07) is 8.81. The zero-order valence-corrected chi connectivity index (χ0v) is 13.4. The van der Waals surface area contributed by atoms with E-state index >= 15 is 0 Å². The Morgan fingerprint density at radius 2 is 1.83 bits per heavy atom. The SMILES string of the molecule is CC(=O)N1CCc2cc(C)cc(Nc3ccc(C(F)(F)F)cc3)c21. The van der Waals surface area contributed by atoms with E-state index < -0.39 is 11.7 Å². The molecule has 0 radical (unpaired) electrons. The van der Waals surface area contributed by atoms with Gasteiger partial charge in [0.1, 0.15) is 0 Å². The third-order valence-corrected chi connectivity index (χ3v) is 4.08. The number of benzene rings is 2. The summed E-state index contributed by atoms with van der Waals surface area (Å²) in [5, 5.41) is 3.15. The van der Waals surface area contributed by atoms with Crippen molar-refractivity contribution in [2.75, 3.05) is 16.8 Å². The van der Waals surface area contributed by atoms with Crippen LogP contribution in [0.15, 0.2) is 36.4 Å². The van der Waals surface area contributed by atoms with E-state index in [0.29, 0.717) is 12.2 Å². The second kappa shape index (κ2) is 5.85. The monoisotopic (exact) mass is 334 g/mol. The molecule has 0 fully saturated rings. The second-order valence-corrected chi connectivity index (χ2v) is 5.94. The minimum Gasteiger partial charge on any atom is -0.354 e. The average Bonchev–Trinajstić information content (AvgIpc) is 2.91. The zero-order chi connectivity index (χ0) is 17.5. The highest BCUT2D eigenvalue weighted by Gasteiger charge is 2.30. The molecule has 0 bridgehead atoms. The van der Waals surface area contributed by atoms with Crippen LogP contribution in [0.2, 0.25) is 0 Å². The molecule has 1 aliphatic rings. The van der Waals surface area contributed by atoms with E-state index in [0.717, 1.165) is 41.1 Å². The number of nitrogens with zero attached hydrogens (tertiary/aromatic N) is 1. The molecular weight excluding hydrogens is 317 g/mol. The predicted molar refractivity (Wildman–Crippen MR) is 87.6 cm³/mol. The number of hydrogen-bond acceptors (Lipinski definition) is 2. The lowest BCUT2D eigenvalue weighted by atomic mass is 10.1. The third kappa shape index (κ3) is 3.09. The minimum atomic E-state index is -4.35. The van der Waals surface area contributed by atoms with Crippen LogP contribution in [-0.4, -0.2) is 12.5 Å². The first-order valence-electron chi connectivity index (χ1n) is 7.61. The number of carbonyl (C=O) groups excluding carboxylic acids is 1. The van der Waals surface area contributed by atoms with Crippen LogP contribution in [0.25, 0.3) is 0 Å². The van der Waals surface area contributed by atoms with E-state index in [4.69, 9.17) is 0 Å². The second-order valence-electron chi connectivity index (χ2n) is 5.94. The van der Waals surface area contributed by atoms with Crippen LogP contribution in [0.5, 0.6) is 0 Å². The van der Waals surface area contributed by atoms with E-state index in [9.17, 15) is 18.0 Å². The number of hydrogen-bond donors (Lipinski definition) is 1. The van der Waals surface area contributed by atoms with E-state index in [-0.39, 0.29) is 5.91 Å². The van der Waals surface area contributed by atoms with Crippen molar-refractivity contribution in [2.45, 2.75) is 26.4 Å². The Kier molecular flexibility index (Phi) is 3.99. The Bertz CT molecular complexity index is 782. The molecule has 2 aromatic rings. The molecule has 0 saturated heterocycles. The molecule has 6 heteroatoms. The van der Waals surface area contributed by atoms with Crippen molar-refractivity contribution in [2.24, 2.45) is 0 Å². The van der Waals surface area contributed by atoms with Crippen LogP contribution < -0.4 is 10.2 Å². The smallest absolute Gasteiger partial charge is 0.354 e. The number of amides is 1. The average molecular weight is 334 g/mol. The first-order chi connectivity index (χ1) is 11.3. The summed E-state index contributed by atoms with van der Waals surface area (Å²) in [5.41, 5.74) is 3.51. The molecule has 0 atom stereocenters. The van der Waals surface area contributed by atoms with Gasteiger partial charge >= 0.3 is 6.18 Å². The van der Waals surface area contributed by atoms with Gasteiger partial charge in [-0.3, -0.25) is 4.79 Å². The van der Waals surface area contributed by atoms with E-state index in [2.05, 4.69) is 5.32 Å². The summed E-state index contributed by atoms with van der Waals surface area (Å²) in [6.45, 7) is 4.08. The van der Waals surface area contributed by atoms with Gasteiger partial charge in [-0.25, -0.2) is 0 Å². The summed E-state index contributed by atoms with van der Waals surface area (Å²) in [6.07, 6.45) is -3.58. The Hall–Kier alpha value is -2.50. The molecule has 0 aromatic heterocycles. The molecule has 1 N–H and O–H groups in total. The Morgan fingerprint density at radius 1 is 1.17 bits per heavy atom. The van der Waals surface area contributed by atoms with Gasteiger partial charge in [0.25, 0.3) is 0 Å². The van der Waals surface area contributed by atoms with Gasteiger partial charge in [-0.05, 0) is 54.8 Å². The van der Waals surface area contributed by atoms with Gasteiger partial charge in [0.05, 0.1) is 16.9 Å². The molecule has 0 unspecified atom stereocenters. The van der Waals surface area contributed by atoms with Gasteiger partial charge in [-0.2, -0.15) is 13.2 Å². The summed E-state index contributed by atoms with van der Waals surface area (Å²) < 4.78 is 38.0. The fraction of sp³-hybridized carbons (Fsp3) is 0.278. The molecule has 0 aliphatic carbocycles. The molecule has 126 valence electrons. The van der Waals surface area contributed by atoms with Gasteiger partial charge < -0.3 is 10.2 Å². The summed E-state index contributed by atoms with van der Waals surface area (Å²) in [7, 11) is 0. The number of carbonyl (C=O) groups is 1. The number of aryl methyl sites for hydroxylation is 1. The number of alkyl halides is 3. The normalized spacial score (nSPS) is 13.8. The standard InChI is InChI=1S/C18H17F3N2O/c1-11-9-13-7-8-23(12(2)24)17(13)16(10-11)22-15-5-3-14(4-6-15)18(19,20)21/h3-6,9-10,22H,7-8H2,1-2H3. The van der Waals surface area contributed by atoms with Crippen molar-refractivity contribution in [3.8, 4) is 0 Å². The molecule has 24 heavy (non-hydrogen) atoms. The molecular formula is C18H17F3N2O. The molecule has 1 amide bonds. The summed E-state index contributed by atoms with van der Waals surface area (Å²) in [5.74, 6) is -0.0481. The fourth-order valence-electron chi connectivity index (χ4n) is 3.02. The van der Waals surface area contributed by atoms with Crippen LogP contribution in [-0.2, 0) is 17.4 Å². The maximum Gasteiger partial charge on any atom is 0.416 e. The Balaban J connectivity index is 1.95. The maximum atomic E-state index is 12.7. The van der Waals surface area contributed by atoms with Crippen LogP contribution in [0.4, 0.5) is 30.2 Å². The highest BCUT2D eigenvalue weighted by Crippen LogP contribution is 2.38. The third-order valence-electron chi connectivity index (χ3n) is 4.08. The molecule has 0 saturated carbocycles. The van der Waals surface area contributed by atoms with Gasteiger partial charge in [-0.1, -0.05) is 6.07 Å². The molecule has 0 spiro atoms. The molecule has 1 aliphatic heterocycles. The van der Waals surface area contributed by atoms with Crippen molar-refractivity contribution < 1.29 is 18.0 Å². The van der Waals surface area contributed by atoms with Crippen LogP contribution in [0.1, 0.15) is 23.6 Å². The lowest BCUT2D eigenvalue weighted by molar-refractivity contribution is -0.137. The highest BCUT2D eigenvalue weighted by atomic mass is 19.4. The van der Waals surface area contributed by atoms with Crippen molar-refractivity contribution in [1.29, 1.82) is 0 Å². The largest absolute Gasteiger partial charge is 0.416 e. The fourth-order valence-corrected chi connectivity index (χ4v) is 3.02. The van der Waals surface area contributed by atoms with Crippen LogP contribution in [0, 0.1) is 6.92 Å². The minimum absolute atomic E-state index is 0.0481. The summed E-state index contributed by atoms with van der Waals surface area (Å²) in [4.78, 5) is 13.5. The van der Waals surface area contributed by atoms with Gasteiger partial charge in [0.15, 0.2) is 0 Å². The molecule has 1 heterocycles. The Morgan fingerprint density at radius 3 is 2.42 bits per heavy atom.